The average Bonchev–Trinajstić information content (AvgIpc) is 2.51. The molecule has 0 spiro atoms. The molecule has 0 unspecified atom stereocenters. The van der Waals surface area contributed by atoms with Crippen molar-refractivity contribution in [1.29, 1.82) is 0 Å². The molecule has 8 nitrogen and oxygen atoms in total. The van der Waals surface area contributed by atoms with Crippen molar-refractivity contribution in [1.82, 2.24) is 4.72 Å². The van der Waals surface area contributed by atoms with Gasteiger partial charge in [0.25, 0.3) is 0 Å². The number of sulfonamides is 1. The summed E-state index contributed by atoms with van der Waals surface area (Å²) >= 11 is 0. The first-order valence-corrected chi connectivity index (χ1v) is 7.89. The highest BCUT2D eigenvalue weighted by molar-refractivity contribution is 7.89. The first-order chi connectivity index (χ1) is 10.2. The van der Waals surface area contributed by atoms with E-state index in [1.807, 2.05) is 0 Å². The summed E-state index contributed by atoms with van der Waals surface area (Å²) in [5, 5.41) is 11.4. The molecule has 0 aliphatic rings. The van der Waals surface area contributed by atoms with Gasteiger partial charge in [-0.05, 0) is 30.2 Å². The third-order valence-corrected chi connectivity index (χ3v) is 4.43. The van der Waals surface area contributed by atoms with E-state index in [-0.39, 0.29) is 16.6 Å². The SMILES string of the molecule is COC(=O)[C@@H](NS(=O)(=O)c1ccc(/C(N)=N/O)cc1)C(C)C. The second-order valence-electron chi connectivity index (χ2n) is 4.88. The number of benzene rings is 1. The van der Waals surface area contributed by atoms with Crippen molar-refractivity contribution in [3.05, 3.63) is 29.8 Å². The molecule has 0 radical (unpaired) electrons. The molecule has 0 aliphatic heterocycles. The van der Waals surface area contributed by atoms with E-state index in [0.717, 1.165) is 0 Å². The molecule has 122 valence electrons. The number of carbonyl (C=O) groups excluding carboxylic acids is 1. The van der Waals surface area contributed by atoms with Crippen molar-refractivity contribution in [2.45, 2.75) is 24.8 Å². The highest BCUT2D eigenvalue weighted by atomic mass is 32.2. The van der Waals surface area contributed by atoms with Crippen LogP contribution in [0.15, 0.2) is 34.3 Å². The molecule has 0 aromatic heterocycles. The topological polar surface area (TPSA) is 131 Å². The number of esters is 1. The van der Waals surface area contributed by atoms with Crippen LogP contribution < -0.4 is 10.5 Å². The molecule has 22 heavy (non-hydrogen) atoms. The van der Waals surface area contributed by atoms with Gasteiger partial charge in [0.2, 0.25) is 10.0 Å². The van der Waals surface area contributed by atoms with Crippen LogP contribution in [0, 0.1) is 5.92 Å². The van der Waals surface area contributed by atoms with Gasteiger partial charge < -0.3 is 15.7 Å². The van der Waals surface area contributed by atoms with Crippen molar-refractivity contribution in [2.24, 2.45) is 16.8 Å². The Kier molecular flexibility index (Phi) is 5.89. The van der Waals surface area contributed by atoms with Crippen LogP contribution in [0.1, 0.15) is 19.4 Å². The zero-order valence-electron chi connectivity index (χ0n) is 12.5. The summed E-state index contributed by atoms with van der Waals surface area (Å²) in [6.07, 6.45) is 0. The number of nitrogens with zero attached hydrogens (tertiary/aromatic N) is 1. The van der Waals surface area contributed by atoms with Gasteiger partial charge >= 0.3 is 5.97 Å². The molecule has 1 rings (SSSR count). The summed E-state index contributed by atoms with van der Waals surface area (Å²) in [4.78, 5) is 11.6. The summed E-state index contributed by atoms with van der Waals surface area (Å²) in [7, 11) is -2.71. The van der Waals surface area contributed by atoms with Crippen LogP contribution in [0.25, 0.3) is 0 Å². The van der Waals surface area contributed by atoms with E-state index in [9.17, 15) is 13.2 Å². The van der Waals surface area contributed by atoms with Gasteiger partial charge in [-0.1, -0.05) is 19.0 Å². The van der Waals surface area contributed by atoms with E-state index in [0.29, 0.717) is 5.56 Å². The summed E-state index contributed by atoms with van der Waals surface area (Å²) in [5.41, 5.74) is 5.78. The molecule has 1 aromatic carbocycles. The third kappa shape index (κ3) is 4.18. The Hall–Kier alpha value is -2.13. The predicted octanol–water partition coefficient (Wildman–Crippen LogP) is 0.257. The van der Waals surface area contributed by atoms with Crippen LogP contribution in [-0.4, -0.2) is 38.6 Å². The number of hydrogen-bond donors (Lipinski definition) is 3. The van der Waals surface area contributed by atoms with Gasteiger partial charge in [0.1, 0.15) is 6.04 Å². The standard InChI is InChI=1S/C13H19N3O5S/c1-8(2)11(13(17)21-3)16-22(19,20)10-6-4-9(5-7-10)12(14)15-18/h4-8,11,16,18H,1-3H3,(H2,14,15)/t11-/m0/s1. The highest BCUT2D eigenvalue weighted by Crippen LogP contribution is 2.14. The number of carbonyl (C=O) groups is 1. The molecule has 0 bridgehead atoms. The monoisotopic (exact) mass is 329 g/mol. The Labute approximate surface area is 129 Å². The van der Waals surface area contributed by atoms with Gasteiger partial charge in [0, 0.05) is 5.56 Å². The number of nitrogens with one attached hydrogen (secondary N) is 1. The van der Waals surface area contributed by atoms with Crippen molar-refractivity contribution in [3.63, 3.8) is 0 Å². The lowest BCUT2D eigenvalue weighted by molar-refractivity contribution is -0.143. The molecule has 1 atom stereocenters. The number of oxime groups is 1. The van der Waals surface area contributed by atoms with Crippen LogP contribution in [0.3, 0.4) is 0 Å². The molecular formula is C13H19N3O5S. The van der Waals surface area contributed by atoms with Crippen LogP contribution >= 0.6 is 0 Å². The molecule has 4 N–H and O–H groups in total. The van der Waals surface area contributed by atoms with E-state index >= 15 is 0 Å². The van der Waals surface area contributed by atoms with Gasteiger partial charge in [0.05, 0.1) is 12.0 Å². The second-order valence-corrected chi connectivity index (χ2v) is 6.59. The minimum atomic E-state index is -3.90. The molecule has 0 saturated carbocycles. The molecule has 0 heterocycles. The number of ether oxygens (including phenoxy) is 1. The van der Waals surface area contributed by atoms with Gasteiger partial charge in [-0.15, -0.1) is 0 Å². The number of nitrogens with two attached hydrogens (primary N) is 1. The van der Waals surface area contributed by atoms with E-state index < -0.39 is 22.0 Å². The van der Waals surface area contributed by atoms with Gasteiger partial charge in [0.15, 0.2) is 5.84 Å². The van der Waals surface area contributed by atoms with Gasteiger partial charge in [-0.2, -0.15) is 4.72 Å². The lowest BCUT2D eigenvalue weighted by Crippen LogP contribution is -2.44. The molecule has 0 aliphatic carbocycles. The zero-order valence-corrected chi connectivity index (χ0v) is 13.3. The minimum absolute atomic E-state index is 0.0449. The van der Waals surface area contributed by atoms with E-state index in [4.69, 9.17) is 10.9 Å². The van der Waals surface area contributed by atoms with Gasteiger partial charge in [-0.3, -0.25) is 4.79 Å². The smallest absolute Gasteiger partial charge is 0.324 e. The highest BCUT2D eigenvalue weighted by Gasteiger charge is 2.29. The van der Waals surface area contributed by atoms with E-state index in [2.05, 4.69) is 14.6 Å². The molecule has 9 heteroatoms. The third-order valence-electron chi connectivity index (χ3n) is 2.97. The first-order valence-electron chi connectivity index (χ1n) is 6.41. The van der Waals surface area contributed by atoms with Gasteiger partial charge in [-0.25, -0.2) is 8.42 Å². The van der Waals surface area contributed by atoms with Crippen molar-refractivity contribution >= 4 is 21.8 Å². The maximum atomic E-state index is 12.3. The lowest BCUT2D eigenvalue weighted by Gasteiger charge is -2.19. The lowest BCUT2D eigenvalue weighted by atomic mass is 10.1. The van der Waals surface area contributed by atoms with Crippen LogP contribution in [0.2, 0.25) is 0 Å². The Morgan fingerprint density at radius 2 is 1.86 bits per heavy atom. The quantitative estimate of drug-likeness (QED) is 0.225. The Morgan fingerprint density at radius 1 is 1.32 bits per heavy atom. The van der Waals surface area contributed by atoms with Crippen LogP contribution in [0.4, 0.5) is 0 Å². The zero-order chi connectivity index (χ0) is 16.9. The summed E-state index contributed by atoms with van der Waals surface area (Å²) in [6.45, 7) is 3.40. The molecule has 0 saturated heterocycles. The minimum Gasteiger partial charge on any atom is -0.468 e. The maximum absolute atomic E-state index is 12.3. The molecular weight excluding hydrogens is 310 g/mol. The number of amidine groups is 1. The fraction of sp³-hybridized carbons (Fsp3) is 0.385. The van der Waals surface area contributed by atoms with Crippen molar-refractivity contribution < 1.29 is 23.2 Å². The Balaban J connectivity index is 3.06. The number of rotatable bonds is 6. The molecule has 0 fully saturated rings. The average molecular weight is 329 g/mol. The number of hydrogen-bond acceptors (Lipinski definition) is 6. The normalized spacial score (nSPS) is 13.9. The Bertz CT molecular complexity index is 653. The fourth-order valence-electron chi connectivity index (χ4n) is 1.68. The summed E-state index contributed by atoms with van der Waals surface area (Å²) in [5.74, 6) is -1.07. The predicted molar refractivity (Wildman–Crippen MR) is 79.9 cm³/mol. The Morgan fingerprint density at radius 3 is 2.27 bits per heavy atom. The second kappa shape index (κ2) is 7.23. The summed E-state index contributed by atoms with van der Waals surface area (Å²) in [6, 6.07) is 4.39. The largest absolute Gasteiger partial charge is 0.468 e. The fourth-order valence-corrected chi connectivity index (χ4v) is 3.01. The van der Waals surface area contributed by atoms with E-state index in [1.54, 1.807) is 13.8 Å². The summed E-state index contributed by atoms with van der Waals surface area (Å²) < 4.78 is 31.5. The number of methoxy groups -OCH3 is 1. The van der Waals surface area contributed by atoms with Crippen LogP contribution in [-0.2, 0) is 19.6 Å². The van der Waals surface area contributed by atoms with Crippen LogP contribution in [0.5, 0.6) is 0 Å². The molecule has 1 aromatic rings. The maximum Gasteiger partial charge on any atom is 0.324 e. The first kappa shape index (κ1) is 17.9. The van der Waals surface area contributed by atoms with Crippen molar-refractivity contribution in [2.75, 3.05) is 7.11 Å². The molecule has 0 amide bonds. The van der Waals surface area contributed by atoms with Crippen molar-refractivity contribution in [3.8, 4) is 0 Å². The van der Waals surface area contributed by atoms with E-state index in [1.165, 1.54) is 31.4 Å².